The summed E-state index contributed by atoms with van der Waals surface area (Å²) in [5.74, 6) is 0.00182. The molecule has 32 heavy (non-hydrogen) atoms. The molecule has 3 aromatic rings. The zero-order valence-corrected chi connectivity index (χ0v) is 17.6. The molecule has 7 heteroatoms. The van der Waals surface area contributed by atoms with Crippen LogP contribution in [0.5, 0.6) is 5.75 Å². The third-order valence-electron chi connectivity index (χ3n) is 5.00. The van der Waals surface area contributed by atoms with Crippen molar-refractivity contribution in [2.75, 3.05) is 0 Å². The highest BCUT2D eigenvalue weighted by Crippen LogP contribution is 2.27. The van der Waals surface area contributed by atoms with Gasteiger partial charge >= 0.3 is 5.97 Å². The fraction of sp³-hybridized carbons (Fsp3) is 0.120. The number of para-hydroxylation sites is 1. The van der Waals surface area contributed by atoms with Crippen LogP contribution in [-0.4, -0.2) is 16.8 Å². The molecule has 0 spiro atoms. The van der Waals surface area contributed by atoms with E-state index in [2.05, 4.69) is 4.99 Å². The molecule has 1 aliphatic rings. The van der Waals surface area contributed by atoms with Crippen LogP contribution < -0.4 is 4.74 Å². The minimum atomic E-state index is -0.628. The fourth-order valence-corrected chi connectivity index (χ4v) is 3.20. The molecule has 0 N–H and O–H groups in total. The number of nitro groups is 1. The van der Waals surface area contributed by atoms with Gasteiger partial charge in [0.15, 0.2) is 5.70 Å². The summed E-state index contributed by atoms with van der Waals surface area (Å²) in [7, 11) is 0. The van der Waals surface area contributed by atoms with E-state index in [-0.39, 0.29) is 17.3 Å². The number of rotatable bonds is 6. The minimum absolute atomic E-state index is 0.0300. The first-order valence-corrected chi connectivity index (χ1v) is 9.96. The first-order chi connectivity index (χ1) is 15.4. The van der Waals surface area contributed by atoms with Crippen molar-refractivity contribution in [3.05, 3.63) is 110 Å². The van der Waals surface area contributed by atoms with Gasteiger partial charge in [-0.05, 0) is 37.6 Å². The Hall–Kier alpha value is -4.26. The molecule has 0 radical (unpaired) electrons. The Bertz CT molecular complexity index is 1260. The van der Waals surface area contributed by atoms with E-state index in [1.807, 2.05) is 55.5 Å². The smallest absolute Gasteiger partial charge is 0.363 e. The van der Waals surface area contributed by atoms with Gasteiger partial charge in [0.2, 0.25) is 5.90 Å². The number of nitrogens with zero attached hydrogens (tertiary/aromatic N) is 2. The van der Waals surface area contributed by atoms with E-state index in [0.29, 0.717) is 29.0 Å². The van der Waals surface area contributed by atoms with Crippen molar-refractivity contribution in [3.8, 4) is 5.75 Å². The molecule has 0 aliphatic carbocycles. The molecule has 3 aromatic carbocycles. The molecular formula is C25H20N2O5. The summed E-state index contributed by atoms with van der Waals surface area (Å²) in [6.07, 6.45) is 1.59. The number of aliphatic imine (C=N–C) groups is 1. The van der Waals surface area contributed by atoms with Gasteiger partial charge in [0.1, 0.15) is 12.4 Å². The lowest BCUT2D eigenvalue weighted by molar-refractivity contribution is -0.385. The van der Waals surface area contributed by atoms with E-state index >= 15 is 0 Å². The molecule has 1 heterocycles. The molecular weight excluding hydrogens is 408 g/mol. The Morgan fingerprint density at radius 1 is 1.06 bits per heavy atom. The Morgan fingerprint density at radius 3 is 2.56 bits per heavy atom. The molecule has 0 unspecified atom stereocenters. The Balaban J connectivity index is 1.59. The van der Waals surface area contributed by atoms with Crippen molar-refractivity contribution in [1.82, 2.24) is 0 Å². The summed E-state index contributed by atoms with van der Waals surface area (Å²) < 4.78 is 11.2. The van der Waals surface area contributed by atoms with Gasteiger partial charge in [0.25, 0.3) is 5.69 Å². The summed E-state index contributed by atoms with van der Waals surface area (Å²) >= 11 is 0. The minimum Gasteiger partial charge on any atom is -0.488 e. The van der Waals surface area contributed by atoms with Gasteiger partial charge in [-0.3, -0.25) is 10.1 Å². The average molecular weight is 428 g/mol. The molecule has 0 saturated carbocycles. The van der Waals surface area contributed by atoms with E-state index in [4.69, 9.17) is 9.47 Å². The summed E-state index contributed by atoms with van der Waals surface area (Å²) in [5.41, 5.74) is 3.78. The lowest BCUT2D eigenvalue weighted by atomic mass is 10.1. The highest BCUT2D eigenvalue weighted by molar-refractivity contribution is 6.13. The van der Waals surface area contributed by atoms with Crippen molar-refractivity contribution in [2.24, 2.45) is 4.99 Å². The molecule has 0 atom stereocenters. The first kappa shape index (κ1) is 21.0. The van der Waals surface area contributed by atoms with Crippen LogP contribution in [0, 0.1) is 24.0 Å². The van der Waals surface area contributed by atoms with E-state index < -0.39 is 10.9 Å². The highest BCUT2D eigenvalue weighted by atomic mass is 16.6. The van der Waals surface area contributed by atoms with Crippen molar-refractivity contribution >= 4 is 23.6 Å². The number of nitro benzene ring substituents is 1. The standard InChI is InChI=1S/C25H20N2O5/c1-16-7-10-18(11-8-16)15-31-23-6-4-3-5-19(23)13-21-25(28)32-24(26-21)20-12-9-17(2)22(14-20)27(29)30/h3-14H,15H2,1-2H3/b21-13-. The zero-order valence-electron chi connectivity index (χ0n) is 17.6. The van der Waals surface area contributed by atoms with Crippen LogP contribution in [0.15, 0.2) is 77.4 Å². The molecule has 1 aliphatic heterocycles. The van der Waals surface area contributed by atoms with E-state index in [1.165, 1.54) is 11.6 Å². The molecule has 0 saturated heterocycles. The van der Waals surface area contributed by atoms with Crippen LogP contribution in [0.25, 0.3) is 6.08 Å². The zero-order chi connectivity index (χ0) is 22.7. The Morgan fingerprint density at radius 2 is 1.81 bits per heavy atom. The van der Waals surface area contributed by atoms with Gasteiger partial charge in [-0.15, -0.1) is 0 Å². The quantitative estimate of drug-likeness (QED) is 0.235. The van der Waals surface area contributed by atoms with Gasteiger partial charge in [-0.1, -0.05) is 54.1 Å². The van der Waals surface area contributed by atoms with Crippen LogP contribution in [0.2, 0.25) is 0 Å². The number of carbonyl (C=O) groups is 1. The maximum absolute atomic E-state index is 12.4. The normalized spacial score (nSPS) is 14.2. The van der Waals surface area contributed by atoms with Gasteiger partial charge in [0, 0.05) is 22.8 Å². The number of aryl methyl sites for hydroxylation is 2. The van der Waals surface area contributed by atoms with E-state index in [0.717, 1.165) is 5.56 Å². The second-order valence-electron chi connectivity index (χ2n) is 7.41. The number of benzene rings is 3. The number of hydrogen-bond acceptors (Lipinski definition) is 6. The third-order valence-corrected chi connectivity index (χ3v) is 5.00. The second-order valence-corrected chi connectivity index (χ2v) is 7.41. The van der Waals surface area contributed by atoms with Crippen LogP contribution in [0.3, 0.4) is 0 Å². The predicted molar refractivity (Wildman–Crippen MR) is 120 cm³/mol. The van der Waals surface area contributed by atoms with Crippen molar-refractivity contribution in [1.29, 1.82) is 0 Å². The van der Waals surface area contributed by atoms with Crippen LogP contribution in [0.4, 0.5) is 5.69 Å². The lowest BCUT2D eigenvalue weighted by Gasteiger charge is -2.09. The number of ether oxygens (including phenoxy) is 2. The van der Waals surface area contributed by atoms with Crippen molar-refractivity contribution in [3.63, 3.8) is 0 Å². The molecule has 0 bridgehead atoms. The monoisotopic (exact) mass is 428 g/mol. The van der Waals surface area contributed by atoms with Crippen LogP contribution >= 0.6 is 0 Å². The third kappa shape index (κ3) is 4.57. The lowest BCUT2D eigenvalue weighted by Crippen LogP contribution is -2.06. The van der Waals surface area contributed by atoms with E-state index in [1.54, 1.807) is 25.1 Å². The van der Waals surface area contributed by atoms with Gasteiger partial charge in [-0.2, -0.15) is 0 Å². The largest absolute Gasteiger partial charge is 0.488 e. The molecule has 4 rings (SSSR count). The molecule has 0 fully saturated rings. The summed E-state index contributed by atoms with van der Waals surface area (Å²) in [6.45, 7) is 4.05. The number of esters is 1. The first-order valence-electron chi connectivity index (χ1n) is 9.96. The topological polar surface area (TPSA) is 91.0 Å². The number of cyclic esters (lactones) is 1. The summed E-state index contributed by atoms with van der Waals surface area (Å²) in [5, 5.41) is 11.2. The SMILES string of the molecule is Cc1ccc(COc2ccccc2/C=C2\N=C(c3ccc(C)c([N+](=O)[O-])c3)OC2=O)cc1. The predicted octanol–water partition coefficient (Wildman–Crippen LogP) is 5.14. The van der Waals surface area contributed by atoms with E-state index in [9.17, 15) is 14.9 Å². The fourth-order valence-electron chi connectivity index (χ4n) is 3.20. The van der Waals surface area contributed by atoms with Crippen LogP contribution in [0.1, 0.15) is 27.8 Å². The average Bonchev–Trinajstić information content (AvgIpc) is 3.14. The van der Waals surface area contributed by atoms with Gasteiger partial charge in [-0.25, -0.2) is 9.79 Å². The van der Waals surface area contributed by atoms with Crippen LogP contribution in [-0.2, 0) is 16.1 Å². The highest BCUT2D eigenvalue weighted by Gasteiger charge is 2.26. The Labute approximate surface area is 184 Å². The molecule has 160 valence electrons. The van der Waals surface area contributed by atoms with Crippen molar-refractivity contribution < 1.29 is 19.2 Å². The molecule has 7 nitrogen and oxygen atoms in total. The van der Waals surface area contributed by atoms with Gasteiger partial charge in [0.05, 0.1) is 4.92 Å². The summed E-state index contributed by atoms with van der Waals surface area (Å²) in [4.78, 5) is 27.4. The summed E-state index contributed by atoms with van der Waals surface area (Å²) in [6, 6.07) is 19.9. The maximum Gasteiger partial charge on any atom is 0.363 e. The van der Waals surface area contributed by atoms with Gasteiger partial charge < -0.3 is 9.47 Å². The second kappa shape index (κ2) is 8.85. The molecule has 0 aromatic heterocycles. The Kier molecular flexibility index (Phi) is 5.81. The maximum atomic E-state index is 12.4. The van der Waals surface area contributed by atoms with Crippen molar-refractivity contribution in [2.45, 2.75) is 20.5 Å². The number of carbonyl (C=O) groups excluding carboxylic acids is 1. The number of hydrogen-bond donors (Lipinski definition) is 0. The molecule has 0 amide bonds.